The van der Waals surface area contributed by atoms with E-state index in [0.29, 0.717) is 6.04 Å². The zero-order chi connectivity index (χ0) is 17.0. The fraction of sp³-hybridized carbons (Fsp3) is 0.722. The number of piperidine rings is 1. The summed E-state index contributed by atoms with van der Waals surface area (Å²) >= 11 is 0. The zero-order valence-corrected chi connectivity index (χ0v) is 17.8. The molecule has 0 saturated carbocycles. The van der Waals surface area contributed by atoms with E-state index in [1.165, 1.54) is 0 Å². The second-order valence-electron chi connectivity index (χ2n) is 6.20. The molecule has 0 bridgehead atoms. The molecule has 2 N–H and O–H groups in total. The Morgan fingerprint density at radius 2 is 2.20 bits per heavy atom. The lowest BCUT2D eigenvalue weighted by Gasteiger charge is -2.33. The van der Waals surface area contributed by atoms with Crippen LogP contribution in [-0.2, 0) is 11.2 Å². The maximum atomic E-state index is 5.35. The number of furan rings is 1. The molecule has 1 saturated heterocycles. The summed E-state index contributed by atoms with van der Waals surface area (Å²) in [7, 11) is 1.77. The van der Waals surface area contributed by atoms with Crippen LogP contribution in [0.2, 0.25) is 0 Å². The molecule has 0 aliphatic carbocycles. The Bertz CT molecular complexity index is 460. The van der Waals surface area contributed by atoms with Gasteiger partial charge in [0.2, 0.25) is 0 Å². The molecule has 1 aliphatic heterocycles. The van der Waals surface area contributed by atoms with Crippen molar-refractivity contribution in [1.29, 1.82) is 0 Å². The summed E-state index contributed by atoms with van der Waals surface area (Å²) < 4.78 is 10.5. The number of halogens is 1. The number of aliphatic imine (C=N–C) groups is 1. The molecule has 1 aromatic rings. The number of hydrogen-bond acceptors (Lipinski definition) is 4. The third kappa shape index (κ3) is 8.91. The van der Waals surface area contributed by atoms with Gasteiger partial charge in [0, 0.05) is 58.9 Å². The molecule has 1 fully saturated rings. The van der Waals surface area contributed by atoms with Crippen LogP contribution in [0.4, 0.5) is 0 Å². The third-order valence-corrected chi connectivity index (χ3v) is 4.30. The monoisotopic (exact) mass is 464 g/mol. The van der Waals surface area contributed by atoms with Crippen LogP contribution in [0, 0.1) is 0 Å². The first-order chi connectivity index (χ1) is 11.8. The average molecular weight is 464 g/mol. The van der Waals surface area contributed by atoms with Gasteiger partial charge in [0.25, 0.3) is 0 Å². The van der Waals surface area contributed by atoms with E-state index in [1.54, 1.807) is 13.4 Å². The molecule has 6 nitrogen and oxygen atoms in total. The first kappa shape index (κ1) is 22.2. The first-order valence-electron chi connectivity index (χ1n) is 9.10. The molecule has 25 heavy (non-hydrogen) atoms. The topological polar surface area (TPSA) is 62.0 Å². The summed E-state index contributed by atoms with van der Waals surface area (Å²) in [5, 5.41) is 6.92. The van der Waals surface area contributed by atoms with Gasteiger partial charge in [-0.25, -0.2) is 0 Å². The smallest absolute Gasteiger partial charge is 0.191 e. The van der Waals surface area contributed by atoms with Crippen molar-refractivity contribution in [3.05, 3.63) is 24.2 Å². The Kier molecular flexibility index (Phi) is 11.9. The molecule has 1 aliphatic rings. The lowest BCUT2D eigenvalue weighted by Crippen LogP contribution is -2.49. The lowest BCUT2D eigenvalue weighted by molar-refractivity contribution is 0.155. The Balaban J connectivity index is 0.00000312. The van der Waals surface area contributed by atoms with Crippen molar-refractivity contribution < 1.29 is 9.15 Å². The number of hydrogen-bond donors (Lipinski definition) is 2. The number of rotatable bonds is 9. The Morgan fingerprint density at radius 1 is 1.40 bits per heavy atom. The van der Waals surface area contributed by atoms with Crippen LogP contribution < -0.4 is 10.6 Å². The summed E-state index contributed by atoms with van der Waals surface area (Å²) in [6.07, 6.45) is 5.99. The highest BCUT2D eigenvalue weighted by Crippen LogP contribution is 2.10. The fourth-order valence-corrected chi connectivity index (χ4v) is 2.98. The maximum absolute atomic E-state index is 5.35. The zero-order valence-electron chi connectivity index (χ0n) is 15.5. The summed E-state index contributed by atoms with van der Waals surface area (Å²) in [5.74, 6) is 1.90. The number of likely N-dealkylation sites (tertiary alicyclic amines) is 1. The maximum Gasteiger partial charge on any atom is 0.191 e. The second kappa shape index (κ2) is 13.4. The predicted octanol–water partition coefficient (Wildman–Crippen LogP) is 2.50. The SMILES string of the molecule is CCNC(=NCCc1ccco1)NC1CCN(CCCOC)CC1.I. The van der Waals surface area contributed by atoms with Gasteiger partial charge in [0.1, 0.15) is 5.76 Å². The van der Waals surface area contributed by atoms with Crippen molar-refractivity contribution in [3.63, 3.8) is 0 Å². The van der Waals surface area contributed by atoms with Crippen molar-refractivity contribution in [2.24, 2.45) is 4.99 Å². The molecule has 7 heteroatoms. The predicted molar refractivity (Wildman–Crippen MR) is 113 cm³/mol. The van der Waals surface area contributed by atoms with Crippen molar-refractivity contribution in [1.82, 2.24) is 15.5 Å². The number of ether oxygens (including phenoxy) is 1. The van der Waals surface area contributed by atoms with E-state index in [-0.39, 0.29) is 24.0 Å². The molecular weight excluding hydrogens is 431 g/mol. The Hall–Kier alpha value is -0.800. The van der Waals surface area contributed by atoms with E-state index in [0.717, 1.165) is 76.7 Å². The standard InChI is InChI=1S/C18H32N4O2.HI/c1-3-19-18(20-10-7-17-6-4-15-24-17)21-16-8-12-22(13-9-16)11-5-14-23-2;/h4,6,15-16H,3,5,7-14H2,1-2H3,(H2,19,20,21);1H. The van der Waals surface area contributed by atoms with Gasteiger partial charge in [-0.1, -0.05) is 0 Å². The molecule has 2 rings (SSSR count). The van der Waals surface area contributed by atoms with Crippen LogP contribution in [-0.4, -0.2) is 63.3 Å². The fourth-order valence-electron chi connectivity index (χ4n) is 2.98. The number of methoxy groups -OCH3 is 1. The van der Waals surface area contributed by atoms with Crippen LogP contribution in [0.5, 0.6) is 0 Å². The van der Waals surface area contributed by atoms with Gasteiger partial charge in [-0.3, -0.25) is 4.99 Å². The van der Waals surface area contributed by atoms with E-state index >= 15 is 0 Å². The van der Waals surface area contributed by atoms with Gasteiger partial charge in [-0.15, -0.1) is 24.0 Å². The second-order valence-corrected chi connectivity index (χ2v) is 6.20. The van der Waals surface area contributed by atoms with E-state index in [9.17, 15) is 0 Å². The van der Waals surface area contributed by atoms with Gasteiger partial charge in [0.05, 0.1) is 6.26 Å². The molecule has 0 radical (unpaired) electrons. The minimum atomic E-state index is 0. The van der Waals surface area contributed by atoms with Crippen molar-refractivity contribution in [3.8, 4) is 0 Å². The van der Waals surface area contributed by atoms with Crippen molar-refractivity contribution in [2.75, 3.05) is 46.4 Å². The Morgan fingerprint density at radius 3 is 2.84 bits per heavy atom. The summed E-state index contributed by atoms with van der Waals surface area (Å²) in [4.78, 5) is 7.19. The van der Waals surface area contributed by atoms with E-state index in [2.05, 4.69) is 27.4 Å². The van der Waals surface area contributed by atoms with Gasteiger partial charge in [-0.2, -0.15) is 0 Å². The molecule has 1 aromatic heterocycles. The van der Waals surface area contributed by atoms with Gasteiger partial charge in [-0.05, 0) is 38.3 Å². The highest BCUT2D eigenvalue weighted by atomic mass is 127. The van der Waals surface area contributed by atoms with E-state index in [1.807, 2.05) is 12.1 Å². The largest absolute Gasteiger partial charge is 0.469 e. The van der Waals surface area contributed by atoms with Crippen LogP contribution in [0.1, 0.15) is 31.9 Å². The quantitative estimate of drug-likeness (QED) is 0.255. The van der Waals surface area contributed by atoms with Gasteiger partial charge >= 0.3 is 0 Å². The summed E-state index contributed by atoms with van der Waals surface area (Å²) in [6, 6.07) is 4.42. The Labute approximate surface area is 168 Å². The third-order valence-electron chi connectivity index (χ3n) is 4.30. The van der Waals surface area contributed by atoms with Crippen LogP contribution in [0.15, 0.2) is 27.8 Å². The molecule has 0 atom stereocenters. The summed E-state index contributed by atoms with van der Waals surface area (Å²) in [5.41, 5.74) is 0. The molecule has 2 heterocycles. The lowest BCUT2D eigenvalue weighted by atomic mass is 10.1. The molecule has 144 valence electrons. The van der Waals surface area contributed by atoms with Crippen LogP contribution >= 0.6 is 24.0 Å². The molecule has 0 amide bonds. The van der Waals surface area contributed by atoms with E-state index < -0.39 is 0 Å². The number of nitrogens with zero attached hydrogens (tertiary/aromatic N) is 2. The minimum Gasteiger partial charge on any atom is -0.469 e. The van der Waals surface area contributed by atoms with E-state index in [4.69, 9.17) is 9.15 Å². The van der Waals surface area contributed by atoms with Crippen LogP contribution in [0.25, 0.3) is 0 Å². The number of guanidine groups is 1. The average Bonchev–Trinajstić information content (AvgIpc) is 3.10. The van der Waals surface area contributed by atoms with Crippen LogP contribution in [0.3, 0.4) is 0 Å². The highest BCUT2D eigenvalue weighted by Gasteiger charge is 2.19. The minimum absolute atomic E-state index is 0. The molecular formula is C18H33IN4O2. The van der Waals surface area contributed by atoms with Gasteiger partial charge in [0.15, 0.2) is 5.96 Å². The summed E-state index contributed by atoms with van der Waals surface area (Å²) in [6.45, 7) is 7.99. The first-order valence-corrected chi connectivity index (χ1v) is 9.10. The van der Waals surface area contributed by atoms with Gasteiger partial charge < -0.3 is 24.7 Å². The molecule has 0 aromatic carbocycles. The molecule has 0 unspecified atom stereocenters. The van der Waals surface area contributed by atoms with Crippen molar-refractivity contribution in [2.45, 2.75) is 38.6 Å². The normalized spacial score (nSPS) is 16.5. The highest BCUT2D eigenvalue weighted by molar-refractivity contribution is 14.0. The number of nitrogens with one attached hydrogen (secondary N) is 2. The molecule has 0 spiro atoms. The van der Waals surface area contributed by atoms with Crippen molar-refractivity contribution >= 4 is 29.9 Å².